The Kier molecular flexibility index (Phi) is 5.45. The van der Waals surface area contributed by atoms with Crippen LogP contribution in [-0.2, 0) is 0 Å². The van der Waals surface area contributed by atoms with Crippen LogP contribution in [0, 0.1) is 5.82 Å². The fourth-order valence-corrected chi connectivity index (χ4v) is 2.46. The molecule has 0 aliphatic heterocycles. The molecular weight excluding hydrogens is 336 g/mol. The van der Waals surface area contributed by atoms with Gasteiger partial charge in [-0.2, -0.15) is 0 Å². The maximum Gasteiger partial charge on any atom is 0.253 e. The summed E-state index contributed by atoms with van der Waals surface area (Å²) in [4.78, 5) is 11.3. The van der Waals surface area contributed by atoms with Crippen molar-refractivity contribution >= 4 is 40.7 Å². The van der Waals surface area contributed by atoms with E-state index in [-0.39, 0.29) is 5.82 Å². The van der Waals surface area contributed by atoms with E-state index >= 15 is 0 Å². The number of amides is 1. The first kappa shape index (κ1) is 16.1. The van der Waals surface area contributed by atoms with Crippen LogP contribution in [0.5, 0.6) is 0 Å². The van der Waals surface area contributed by atoms with Gasteiger partial charge in [0.25, 0.3) is 5.91 Å². The zero-order chi connectivity index (χ0) is 15.4. The molecule has 0 saturated carbocycles. The predicted molar refractivity (Wildman–Crippen MR) is 83.6 cm³/mol. The molecule has 1 amide bonds. The van der Waals surface area contributed by atoms with Crippen molar-refractivity contribution in [1.82, 2.24) is 5.32 Å². The van der Waals surface area contributed by atoms with Crippen LogP contribution >= 0.6 is 34.8 Å². The molecule has 1 N–H and O–H groups in total. The minimum Gasteiger partial charge on any atom is -0.342 e. The zero-order valence-corrected chi connectivity index (χ0v) is 13.0. The van der Waals surface area contributed by atoms with Crippen LogP contribution in [0.15, 0.2) is 48.5 Å². The van der Waals surface area contributed by atoms with E-state index in [1.807, 2.05) is 0 Å². The molecule has 0 spiro atoms. The quantitative estimate of drug-likeness (QED) is 0.795. The molecule has 0 aliphatic rings. The summed E-state index contributed by atoms with van der Waals surface area (Å²) in [6.45, 7) is 0. The van der Waals surface area contributed by atoms with Crippen LogP contribution in [-0.4, -0.2) is 10.7 Å². The van der Waals surface area contributed by atoms with E-state index in [1.165, 1.54) is 24.3 Å². The second-order valence-corrected chi connectivity index (χ2v) is 5.89. The predicted octanol–water partition coefficient (Wildman–Crippen LogP) is 4.75. The average Bonchev–Trinajstić information content (AvgIpc) is 2.46. The molecule has 0 saturated heterocycles. The highest BCUT2D eigenvalue weighted by molar-refractivity contribution is 6.44. The van der Waals surface area contributed by atoms with Crippen molar-refractivity contribution in [1.29, 1.82) is 0 Å². The Hall–Kier alpha value is -1.29. The molecule has 110 valence electrons. The van der Waals surface area contributed by atoms with Crippen molar-refractivity contribution in [2.24, 2.45) is 0 Å². The summed E-state index contributed by atoms with van der Waals surface area (Å²) in [5.41, 5.74) is 0.923. The van der Waals surface area contributed by atoms with E-state index in [0.29, 0.717) is 16.1 Å². The number of benzene rings is 2. The lowest BCUT2D eigenvalue weighted by molar-refractivity contribution is 0.0939. The van der Waals surface area contributed by atoms with E-state index in [1.54, 1.807) is 24.3 Å². The maximum absolute atomic E-state index is 13.0. The highest BCUT2D eigenvalue weighted by atomic mass is 35.5. The first-order chi connectivity index (χ1) is 9.99. The number of hydrogen-bond donors (Lipinski definition) is 1. The Balaban J connectivity index is 2.23. The first-order valence-corrected chi connectivity index (χ1v) is 7.33. The molecule has 6 heteroatoms. The minimum absolute atomic E-state index is 0.320. The van der Waals surface area contributed by atoms with Gasteiger partial charge in [0.05, 0.1) is 16.6 Å². The van der Waals surface area contributed by atoms with Crippen LogP contribution in [0.25, 0.3) is 0 Å². The molecule has 0 radical (unpaired) electrons. The lowest BCUT2D eigenvalue weighted by Gasteiger charge is -2.20. The smallest absolute Gasteiger partial charge is 0.253 e. The molecule has 0 fully saturated rings. The van der Waals surface area contributed by atoms with Gasteiger partial charge in [-0.3, -0.25) is 4.79 Å². The van der Waals surface area contributed by atoms with Crippen LogP contribution in [0.2, 0.25) is 5.02 Å². The average molecular weight is 347 g/mol. The summed E-state index contributed by atoms with van der Waals surface area (Å²) in [5.74, 6) is -0.781. The van der Waals surface area contributed by atoms with Gasteiger partial charge < -0.3 is 5.32 Å². The third kappa shape index (κ3) is 4.10. The molecule has 21 heavy (non-hydrogen) atoms. The number of carbonyl (C=O) groups excluding carboxylic acids is 1. The molecule has 2 nitrogen and oxygen atoms in total. The third-order valence-electron chi connectivity index (χ3n) is 2.89. The van der Waals surface area contributed by atoms with Crippen molar-refractivity contribution in [3.8, 4) is 0 Å². The molecule has 0 unspecified atom stereocenters. The molecule has 2 aromatic rings. The lowest BCUT2D eigenvalue weighted by Crippen LogP contribution is -2.32. The lowest BCUT2D eigenvalue weighted by atomic mass is 10.1. The van der Waals surface area contributed by atoms with Gasteiger partial charge in [-0.25, -0.2) is 4.39 Å². The standard InChI is InChI=1S/C15H11Cl3FNO/c16-12-4-2-1-3-11(12)15(21)20-13(14(17)18)9-5-7-10(19)8-6-9/h1-8,13-14H,(H,20,21)/t13-/m1/s1. The fraction of sp³-hybridized carbons (Fsp3) is 0.133. The maximum atomic E-state index is 13.0. The van der Waals surface area contributed by atoms with Gasteiger partial charge in [-0.1, -0.05) is 35.9 Å². The van der Waals surface area contributed by atoms with E-state index in [2.05, 4.69) is 5.32 Å². The SMILES string of the molecule is O=C(N[C@H](c1ccc(F)cc1)C(Cl)Cl)c1ccccc1Cl. The number of halogens is 4. The molecule has 1 atom stereocenters. The summed E-state index contributed by atoms with van der Waals surface area (Å²) < 4.78 is 13.0. The molecule has 0 aliphatic carbocycles. The van der Waals surface area contributed by atoms with Crippen molar-refractivity contribution in [2.75, 3.05) is 0 Å². The number of carbonyl (C=O) groups is 1. The van der Waals surface area contributed by atoms with Crippen molar-refractivity contribution in [3.63, 3.8) is 0 Å². The van der Waals surface area contributed by atoms with E-state index < -0.39 is 16.8 Å². The Morgan fingerprint density at radius 3 is 2.24 bits per heavy atom. The Morgan fingerprint density at radius 1 is 1.05 bits per heavy atom. The normalized spacial score (nSPS) is 12.2. The molecule has 2 aromatic carbocycles. The van der Waals surface area contributed by atoms with Crippen LogP contribution in [0.4, 0.5) is 4.39 Å². The Bertz CT molecular complexity index is 631. The summed E-state index contributed by atoms with van der Waals surface area (Å²) in [6.07, 6.45) is 0. The third-order valence-corrected chi connectivity index (χ3v) is 3.72. The highest BCUT2D eigenvalue weighted by Gasteiger charge is 2.23. The number of rotatable bonds is 4. The van der Waals surface area contributed by atoms with Crippen LogP contribution in [0.1, 0.15) is 22.0 Å². The van der Waals surface area contributed by atoms with Gasteiger partial charge in [-0.15, -0.1) is 23.2 Å². The molecule has 2 rings (SSSR count). The van der Waals surface area contributed by atoms with Gasteiger partial charge in [0.15, 0.2) is 0 Å². The molecule has 0 heterocycles. The Labute approximate surface area is 136 Å². The topological polar surface area (TPSA) is 29.1 Å². The second-order valence-electron chi connectivity index (χ2n) is 4.32. The van der Waals surface area contributed by atoms with Crippen molar-refractivity contribution in [2.45, 2.75) is 10.9 Å². The monoisotopic (exact) mass is 345 g/mol. The number of alkyl halides is 2. The van der Waals surface area contributed by atoms with Gasteiger partial charge in [0.1, 0.15) is 10.7 Å². The van der Waals surface area contributed by atoms with Crippen molar-refractivity contribution in [3.05, 3.63) is 70.5 Å². The van der Waals surface area contributed by atoms with Crippen LogP contribution < -0.4 is 5.32 Å². The molecular formula is C15H11Cl3FNO. The Morgan fingerprint density at radius 2 is 1.67 bits per heavy atom. The van der Waals surface area contributed by atoms with Gasteiger partial charge >= 0.3 is 0 Å². The summed E-state index contributed by atoms with van der Waals surface area (Å²) in [5, 5.41) is 3.03. The van der Waals surface area contributed by atoms with Gasteiger partial charge in [0, 0.05) is 0 Å². The summed E-state index contributed by atoms with van der Waals surface area (Å²) >= 11 is 17.8. The first-order valence-electron chi connectivity index (χ1n) is 6.08. The largest absolute Gasteiger partial charge is 0.342 e. The zero-order valence-electron chi connectivity index (χ0n) is 10.7. The van der Waals surface area contributed by atoms with E-state index in [0.717, 1.165) is 0 Å². The minimum atomic E-state index is -0.887. The number of hydrogen-bond acceptors (Lipinski definition) is 1. The van der Waals surface area contributed by atoms with E-state index in [4.69, 9.17) is 34.8 Å². The molecule has 0 bridgehead atoms. The fourth-order valence-electron chi connectivity index (χ4n) is 1.83. The molecule has 0 aromatic heterocycles. The highest BCUT2D eigenvalue weighted by Crippen LogP contribution is 2.25. The van der Waals surface area contributed by atoms with Crippen molar-refractivity contribution < 1.29 is 9.18 Å². The van der Waals surface area contributed by atoms with Gasteiger partial charge in [-0.05, 0) is 29.8 Å². The van der Waals surface area contributed by atoms with E-state index in [9.17, 15) is 9.18 Å². The van der Waals surface area contributed by atoms with Gasteiger partial charge in [0.2, 0.25) is 0 Å². The van der Waals surface area contributed by atoms with Crippen LogP contribution in [0.3, 0.4) is 0 Å². The second kappa shape index (κ2) is 7.12. The number of nitrogens with one attached hydrogen (secondary N) is 1. The summed E-state index contributed by atoms with van der Waals surface area (Å²) in [7, 11) is 0. The summed E-state index contributed by atoms with van der Waals surface area (Å²) in [6, 6.07) is 11.6.